The number of nitrogens with zero attached hydrogens (tertiary/aromatic N) is 2. The average Bonchev–Trinajstić information content (AvgIpc) is 2.81. The first kappa shape index (κ1) is 14.4. The third-order valence-electron chi connectivity index (χ3n) is 2.35. The summed E-state index contributed by atoms with van der Waals surface area (Å²) in [5, 5.41) is 1.98. The summed E-state index contributed by atoms with van der Waals surface area (Å²) in [7, 11) is -3.61. The number of thiophene rings is 1. The highest BCUT2D eigenvalue weighted by Gasteiger charge is 2.18. The fourth-order valence-corrected chi connectivity index (χ4v) is 3.61. The number of hydrogen-bond acceptors (Lipinski definition) is 5. The molecular formula is C11H12ClN3O2S2. The van der Waals surface area contributed by atoms with E-state index in [2.05, 4.69) is 14.7 Å². The molecular weight excluding hydrogens is 306 g/mol. The van der Waals surface area contributed by atoms with E-state index in [1.165, 1.54) is 12.4 Å². The zero-order valence-electron chi connectivity index (χ0n) is 10.1. The van der Waals surface area contributed by atoms with Gasteiger partial charge in [0.2, 0.25) is 15.3 Å². The maximum absolute atomic E-state index is 12.1. The fraction of sp³-hybridized carbons (Fsp3) is 0.273. The van der Waals surface area contributed by atoms with Crippen molar-refractivity contribution in [3.8, 4) is 0 Å². The Labute approximate surface area is 120 Å². The molecule has 2 heterocycles. The minimum Gasteiger partial charge on any atom is -0.225 e. The molecule has 1 unspecified atom stereocenters. The summed E-state index contributed by atoms with van der Waals surface area (Å²) in [6.45, 7) is 1.81. The van der Waals surface area contributed by atoms with Gasteiger partial charge < -0.3 is 0 Å². The van der Waals surface area contributed by atoms with Gasteiger partial charge in [-0.05, 0) is 36.4 Å². The molecule has 0 radical (unpaired) electrons. The zero-order chi connectivity index (χ0) is 13.9. The van der Waals surface area contributed by atoms with E-state index in [-0.39, 0.29) is 16.2 Å². The third kappa shape index (κ3) is 3.97. The molecule has 0 aliphatic carbocycles. The summed E-state index contributed by atoms with van der Waals surface area (Å²) >= 11 is 7.12. The number of rotatable bonds is 5. The molecule has 0 saturated carbocycles. The lowest BCUT2D eigenvalue weighted by Crippen LogP contribution is -2.34. The first-order valence-electron chi connectivity index (χ1n) is 5.49. The van der Waals surface area contributed by atoms with Crippen molar-refractivity contribution in [2.45, 2.75) is 24.3 Å². The van der Waals surface area contributed by atoms with Gasteiger partial charge in [0.05, 0.1) is 12.4 Å². The van der Waals surface area contributed by atoms with E-state index in [1.807, 2.05) is 24.4 Å². The smallest absolute Gasteiger partial charge is 0.225 e. The Hall–Kier alpha value is -1.02. The van der Waals surface area contributed by atoms with Crippen LogP contribution < -0.4 is 4.72 Å². The topological polar surface area (TPSA) is 72.0 Å². The van der Waals surface area contributed by atoms with Crippen molar-refractivity contribution in [1.82, 2.24) is 14.7 Å². The lowest BCUT2D eigenvalue weighted by atomic mass is 10.2. The van der Waals surface area contributed by atoms with Gasteiger partial charge in [0.25, 0.3) is 0 Å². The molecule has 0 aromatic carbocycles. The SMILES string of the molecule is CC(Cc1cccs1)NS(=O)(=O)c1cnc(Cl)nc1. The van der Waals surface area contributed by atoms with Crippen molar-refractivity contribution < 1.29 is 8.42 Å². The molecule has 1 N–H and O–H groups in total. The highest BCUT2D eigenvalue weighted by atomic mass is 35.5. The maximum atomic E-state index is 12.1. The van der Waals surface area contributed by atoms with Crippen LogP contribution in [-0.2, 0) is 16.4 Å². The first-order chi connectivity index (χ1) is 8.97. The molecule has 2 aromatic rings. The van der Waals surface area contributed by atoms with Crippen LogP contribution in [0.25, 0.3) is 0 Å². The van der Waals surface area contributed by atoms with Gasteiger partial charge in [-0.1, -0.05) is 6.07 Å². The molecule has 2 rings (SSSR count). The largest absolute Gasteiger partial charge is 0.243 e. The summed E-state index contributed by atoms with van der Waals surface area (Å²) in [5.74, 6) is 0. The Bertz CT molecular complexity index is 626. The molecule has 102 valence electrons. The normalized spacial score (nSPS) is 13.4. The van der Waals surface area contributed by atoms with Crippen LogP contribution in [0.5, 0.6) is 0 Å². The van der Waals surface area contributed by atoms with Crippen LogP contribution in [0.1, 0.15) is 11.8 Å². The molecule has 19 heavy (non-hydrogen) atoms. The molecule has 5 nitrogen and oxygen atoms in total. The first-order valence-corrected chi connectivity index (χ1v) is 8.24. The van der Waals surface area contributed by atoms with Crippen LogP contribution in [0, 0.1) is 0 Å². The number of sulfonamides is 1. The van der Waals surface area contributed by atoms with Crippen LogP contribution in [0.15, 0.2) is 34.8 Å². The molecule has 0 amide bonds. The van der Waals surface area contributed by atoms with Crippen molar-refractivity contribution in [3.63, 3.8) is 0 Å². The standard InChI is InChI=1S/C11H12ClN3O2S2/c1-8(5-9-3-2-4-18-9)15-19(16,17)10-6-13-11(12)14-7-10/h2-4,6-8,15H,5H2,1H3. The summed E-state index contributed by atoms with van der Waals surface area (Å²) in [6.07, 6.45) is 3.02. The van der Waals surface area contributed by atoms with E-state index >= 15 is 0 Å². The molecule has 1 atom stereocenters. The number of hydrogen-bond donors (Lipinski definition) is 1. The van der Waals surface area contributed by atoms with Crippen molar-refractivity contribution in [1.29, 1.82) is 0 Å². The third-order valence-corrected chi connectivity index (χ3v) is 4.99. The Kier molecular flexibility index (Phi) is 4.51. The van der Waals surface area contributed by atoms with Gasteiger partial charge in [0.15, 0.2) is 0 Å². The maximum Gasteiger partial charge on any atom is 0.243 e. The quantitative estimate of drug-likeness (QED) is 0.857. The highest BCUT2D eigenvalue weighted by Crippen LogP contribution is 2.13. The van der Waals surface area contributed by atoms with Crippen LogP contribution >= 0.6 is 22.9 Å². The lowest BCUT2D eigenvalue weighted by molar-refractivity contribution is 0.560. The summed E-state index contributed by atoms with van der Waals surface area (Å²) in [4.78, 5) is 8.47. The Morgan fingerprint density at radius 3 is 2.68 bits per heavy atom. The number of halogens is 1. The van der Waals surface area contributed by atoms with E-state index in [0.717, 1.165) is 4.88 Å². The van der Waals surface area contributed by atoms with Crippen molar-refractivity contribution in [2.24, 2.45) is 0 Å². The van der Waals surface area contributed by atoms with Gasteiger partial charge in [-0.3, -0.25) is 0 Å². The van der Waals surface area contributed by atoms with Crippen LogP contribution in [0.2, 0.25) is 5.28 Å². The van der Waals surface area contributed by atoms with E-state index < -0.39 is 10.0 Å². The van der Waals surface area contributed by atoms with Gasteiger partial charge in [-0.15, -0.1) is 11.3 Å². The van der Waals surface area contributed by atoms with Gasteiger partial charge in [-0.2, -0.15) is 0 Å². The van der Waals surface area contributed by atoms with E-state index in [9.17, 15) is 8.42 Å². The molecule has 0 spiro atoms. The molecule has 0 aliphatic heterocycles. The molecule has 0 bridgehead atoms. The van der Waals surface area contributed by atoms with Crippen molar-refractivity contribution in [3.05, 3.63) is 40.1 Å². The summed E-state index contributed by atoms with van der Waals surface area (Å²) in [5.41, 5.74) is 0. The molecule has 0 aliphatic rings. The minimum atomic E-state index is -3.61. The predicted octanol–water partition coefficient (Wildman–Crippen LogP) is 2.10. The highest BCUT2D eigenvalue weighted by molar-refractivity contribution is 7.89. The van der Waals surface area contributed by atoms with Gasteiger partial charge >= 0.3 is 0 Å². The molecule has 8 heteroatoms. The van der Waals surface area contributed by atoms with Crippen molar-refractivity contribution >= 4 is 33.0 Å². The van der Waals surface area contributed by atoms with Crippen LogP contribution in [-0.4, -0.2) is 24.4 Å². The molecule has 0 fully saturated rings. The van der Waals surface area contributed by atoms with Gasteiger partial charge in [-0.25, -0.2) is 23.1 Å². The second-order valence-electron chi connectivity index (χ2n) is 3.99. The second kappa shape index (κ2) is 5.96. The number of nitrogens with one attached hydrogen (secondary N) is 1. The Balaban J connectivity index is 2.06. The number of aromatic nitrogens is 2. The van der Waals surface area contributed by atoms with Gasteiger partial charge in [0, 0.05) is 10.9 Å². The predicted molar refractivity (Wildman–Crippen MR) is 74.8 cm³/mol. The van der Waals surface area contributed by atoms with Crippen LogP contribution in [0.3, 0.4) is 0 Å². The summed E-state index contributed by atoms with van der Waals surface area (Å²) < 4.78 is 26.7. The molecule has 2 aromatic heterocycles. The van der Waals surface area contributed by atoms with Crippen molar-refractivity contribution in [2.75, 3.05) is 0 Å². The summed E-state index contributed by atoms with van der Waals surface area (Å²) in [6, 6.07) is 3.70. The minimum absolute atomic E-state index is 0.00919. The van der Waals surface area contributed by atoms with Crippen LogP contribution in [0.4, 0.5) is 0 Å². The Morgan fingerprint density at radius 2 is 2.11 bits per heavy atom. The van der Waals surface area contributed by atoms with E-state index in [4.69, 9.17) is 11.6 Å². The monoisotopic (exact) mass is 317 g/mol. The Morgan fingerprint density at radius 1 is 1.42 bits per heavy atom. The average molecular weight is 318 g/mol. The second-order valence-corrected chi connectivity index (χ2v) is 7.08. The zero-order valence-corrected chi connectivity index (χ0v) is 12.5. The molecule has 0 saturated heterocycles. The van der Waals surface area contributed by atoms with Gasteiger partial charge in [0.1, 0.15) is 4.90 Å². The lowest BCUT2D eigenvalue weighted by Gasteiger charge is -2.12. The van der Waals surface area contributed by atoms with E-state index in [1.54, 1.807) is 11.3 Å². The fourth-order valence-electron chi connectivity index (χ4n) is 1.54. The van der Waals surface area contributed by atoms with E-state index in [0.29, 0.717) is 6.42 Å².